The highest BCUT2D eigenvalue weighted by Gasteiger charge is 2.27. The van der Waals surface area contributed by atoms with Crippen molar-refractivity contribution in [2.75, 3.05) is 11.4 Å². The molecule has 2 rings (SSSR count). The van der Waals surface area contributed by atoms with Crippen molar-refractivity contribution in [3.05, 3.63) is 46.8 Å². The highest BCUT2D eigenvalue weighted by Crippen LogP contribution is 2.32. The fourth-order valence-corrected chi connectivity index (χ4v) is 3.67. The number of halogens is 2. The molecule has 100 valence electrons. The standard InChI is InChI=1S/C11H9Cl2N3O2S/c1-16(10-7-14-5-6-15-10)19(17,18)11-8(12)3-2-4-9(11)13/h2-7H,1H3. The van der Waals surface area contributed by atoms with Gasteiger partial charge in [0.05, 0.1) is 16.2 Å². The van der Waals surface area contributed by atoms with E-state index in [1.54, 1.807) is 6.07 Å². The van der Waals surface area contributed by atoms with Crippen LogP contribution in [0, 0.1) is 0 Å². The van der Waals surface area contributed by atoms with E-state index < -0.39 is 10.0 Å². The molecule has 0 unspecified atom stereocenters. The van der Waals surface area contributed by atoms with Crippen LogP contribution in [0.5, 0.6) is 0 Å². The van der Waals surface area contributed by atoms with Gasteiger partial charge in [-0.1, -0.05) is 29.3 Å². The maximum Gasteiger partial charge on any atom is 0.268 e. The highest BCUT2D eigenvalue weighted by atomic mass is 35.5. The van der Waals surface area contributed by atoms with Crippen molar-refractivity contribution >= 4 is 39.0 Å². The van der Waals surface area contributed by atoms with Crippen molar-refractivity contribution in [2.24, 2.45) is 0 Å². The minimum Gasteiger partial charge on any atom is -0.259 e. The van der Waals surface area contributed by atoms with E-state index in [-0.39, 0.29) is 20.8 Å². The predicted molar refractivity (Wildman–Crippen MR) is 74.1 cm³/mol. The molecule has 1 aromatic carbocycles. The highest BCUT2D eigenvalue weighted by molar-refractivity contribution is 7.93. The lowest BCUT2D eigenvalue weighted by molar-refractivity contribution is 0.594. The summed E-state index contributed by atoms with van der Waals surface area (Å²) in [6.07, 6.45) is 4.18. The third-order valence-corrected chi connectivity index (χ3v) is 5.13. The van der Waals surface area contributed by atoms with Gasteiger partial charge in [0.25, 0.3) is 10.0 Å². The third kappa shape index (κ3) is 2.65. The third-order valence-electron chi connectivity index (χ3n) is 2.41. The van der Waals surface area contributed by atoms with E-state index in [1.807, 2.05) is 0 Å². The van der Waals surface area contributed by atoms with Gasteiger partial charge in [-0.05, 0) is 12.1 Å². The lowest BCUT2D eigenvalue weighted by atomic mass is 10.4. The van der Waals surface area contributed by atoms with Crippen LogP contribution in [0.4, 0.5) is 5.82 Å². The zero-order valence-corrected chi connectivity index (χ0v) is 12.1. The summed E-state index contributed by atoms with van der Waals surface area (Å²) in [6.45, 7) is 0. The molecule has 0 spiro atoms. The number of nitrogens with zero attached hydrogens (tertiary/aromatic N) is 3. The Morgan fingerprint density at radius 2 is 1.79 bits per heavy atom. The Morgan fingerprint density at radius 1 is 1.16 bits per heavy atom. The zero-order chi connectivity index (χ0) is 14.0. The summed E-state index contributed by atoms with van der Waals surface area (Å²) < 4.78 is 25.9. The minimum absolute atomic E-state index is 0.0586. The molecule has 1 aromatic heterocycles. The van der Waals surface area contributed by atoms with Gasteiger partial charge in [-0.3, -0.25) is 9.29 Å². The van der Waals surface area contributed by atoms with Crippen molar-refractivity contribution in [2.45, 2.75) is 4.90 Å². The van der Waals surface area contributed by atoms with E-state index in [2.05, 4.69) is 9.97 Å². The Kier molecular flexibility index (Phi) is 3.93. The minimum atomic E-state index is -3.89. The molecule has 0 aliphatic heterocycles. The van der Waals surface area contributed by atoms with Crippen molar-refractivity contribution in [1.82, 2.24) is 9.97 Å². The number of aromatic nitrogens is 2. The van der Waals surface area contributed by atoms with Crippen LogP contribution in [0.3, 0.4) is 0 Å². The molecule has 2 aromatic rings. The molecule has 1 heterocycles. The molecule has 0 aliphatic rings. The van der Waals surface area contributed by atoms with Gasteiger partial charge in [-0.2, -0.15) is 0 Å². The molecule has 19 heavy (non-hydrogen) atoms. The molecule has 0 saturated heterocycles. The fourth-order valence-electron chi connectivity index (χ4n) is 1.44. The second-order valence-electron chi connectivity index (χ2n) is 3.59. The van der Waals surface area contributed by atoms with Gasteiger partial charge in [-0.25, -0.2) is 13.4 Å². The molecular formula is C11H9Cl2N3O2S. The quantitative estimate of drug-likeness (QED) is 0.873. The van der Waals surface area contributed by atoms with Crippen LogP contribution in [0.2, 0.25) is 10.0 Å². The Labute approximate surface area is 120 Å². The average molecular weight is 318 g/mol. The van der Waals surface area contributed by atoms with Gasteiger partial charge < -0.3 is 0 Å². The number of hydrogen-bond acceptors (Lipinski definition) is 4. The Bertz CT molecular complexity index is 672. The number of rotatable bonds is 3. The lowest BCUT2D eigenvalue weighted by Gasteiger charge is -2.19. The van der Waals surface area contributed by atoms with Crippen LogP contribution >= 0.6 is 23.2 Å². The summed E-state index contributed by atoms with van der Waals surface area (Å²) >= 11 is 11.8. The molecule has 8 heteroatoms. The molecule has 0 bridgehead atoms. The van der Waals surface area contributed by atoms with Gasteiger partial charge in [0.2, 0.25) is 0 Å². The van der Waals surface area contributed by atoms with Gasteiger partial charge in [0, 0.05) is 19.4 Å². The molecule has 0 N–H and O–H groups in total. The summed E-state index contributed by atoms with van der Waals surface area (Å²) in [4.78, 5) is 7.60. The van der Waals surface area contributed by atoms with Crippen LogP contribution in [0.1, 0.15) is 0 Å². The molecule has 5 nitrogen and oxygen atoms in total. The Hall–Kier alpha value is -1.37. The first-order valence-corrected chi connectivity index (χ1v) is 7.33. The SMILES string of the molecule is CN(c1cnccn1)S(=O)(=O)c1c(Cl)cccc1Cl. The molecule has 0 fully saturated rings. The summed E-state index contributed by atoms with van der Waals surface area (Å²) in [6, 6.07) is 4.50. The van der Waals surface area contributed by atoms with Crippen LogP contribution in [-0.2, 0) is 10.0 Å². The number of sulfonamides is 1. The van der Waals surface area contributed by atoms with E-state index in [9.17, 15) is 8.42 Å². The first kappa shape index (κ1) is 14.0. The second kappa shape index (κ2) is 5.32. The van der Waals surface area contributed by atoms with E-state index in [0.717, 1.165) is 4.31 Å². The van der Waals surface area contributed by atoms with Crippen LogP contribution in [0.25, 0.3) is 0 Å². The first-order chi connectivity index (χ1) is 8.94. The van der Waals surface area contributed by atoms with Gasteiger partial charge >= 0.3 is 0 Å². The van der Waals surface area contributed by atoms with Gasteiger partial charge in [-0.15, -0.1) is 0 Å². The maximum absolute atomic E-state index is 12.5. The monoisotopic (exact) mass is 317 g/mol. The number of anilines is 1. The molecule has 0 atom stereocenters. The molecule has 0 amide bonds. The van der Waals surface area contributed by atoms with Crippen LogP contribution < -0.4 is 4.31 Å². The van der Waals surface area contributed by atoms with E-state index in [4.69, 9.17) is 23.2 Å². The van der Waals surface area contributed by atoms with E-state index in [0.29, 0.717) is 0 Å². The van der Waals surface area contributed by atoms with Crippen molar-refractivity contribution < 1.29 is 8.42 Å². The van der Waals surface area contributed by atoms with Crippen molar-refractivity contribution in [3.8, 4) is 0 Å². The average Bonchev–Trinajstić information content (AvgIpc) is 2.38. The topological polar surface area (TPSA) is 63.2 Å². The second-order valence-corrected chi connectivity index (χ2v) is 6.31. The fraction of sp³-hybridized carbons (Fsp3) is 0.0909. The number of benzene rings is 1. The first-order valence-electron chi connectivity index (χ1n) is 5.13. The normalized spacial score (nSPS) is 11.3. The summed E-state index contributed by atoms with van der Waals surface area (Å²) in [5.74, 6) is 0.179. The molecule has 0 radical (unpaired) electrons. The maximum atomic E-state index is 12.5. The van der Waals surface area contributed by atoms with E-state index in [1.165, 1.54) is 37.8 Å². The van der Waals surface area contributed by atoms with Crippen LogP contribution in [-0.4, -0.2) is 25.4 Å². The van der Waals surface area contributed by atoms with Crippen LogP contribution in [0.15, 0.2) is 41.7 Å². The lowest BCUT2D eigenvalue weighted by Crippen LogP contribution is -2.28. The Morgan fingerprint density at radius 3 is 2.32 bits per heavy atom. The van der Waals surface area contributed by atoms with Gasteiger partial charge in [0.15, 0.2) is 5.82 Å². The molecule has 0 aliphatic carbocycles. The Balaban J connectivity index is 2.55. The largest absolute Gasteiger partial charge is 0.268 e. The summed E-state index contributed by atoms with van der Waals surface area (Å²) in [7, 11) is -2.53. The van der Waals surface area contributed by atoms with Crippen molar-refractivity contribution in [1.29, 1.82) is 0 Å². The zero-order valence-electron chi connectivity index (χ0n) is 9.79. The smallest absolute Gasteiger partial charge is 0.259 e. The molecular weight excluding hydrogens is 309 g/mol. The molecule has 0 saturated carbocycles. The van der Waals surface area contributed by atoms with Gasteiger partial charge in [0.1, 0.15) is 4.90 Å². The van der Waals surface area contributed by atoms with Crippen molar-refractivity contribution in [3.63, 3.8) is 0 Å². The summed E-state index contributed by atoms with van der Waals surface area (Å²) in [5, 5.41) is 0.117. The number of hydrogen-bond donors (Lipinski definition) is 0. The summed E-state index contributed by atoms with van der Waals surface area (Å²) in [5.41, 5.74) is 0. The predicted octanol–water partition coefficient (Wildman–Crippen LogP) is 2.61. The van der Waals surface area contributed by atoms with E-state index >= 15 is 0 Å².